The van der Waals surface area contributed by atoms with E-state index in [1.165, 1.54) is 23.5 Å². The molecule has 29 heavy (non-hydrogen) atoms. The Morgan fingerprint density at radius 2 is 1.93 bits per heavy atom. The van der Waals surface area contributed by atoms with Gasteiger partial charge in [-0.05, 0) is 36.4 Å². The van der Waals surface area contributed by atoms with Crippen molar-refractivity contribution in [2.45, 2.75) is 6.10 Å². The minimum absolute atomic E-state index is 0.00494. The van der Waals surface area contributed by atoms with Gasteiger partial charge in [-0.2, -0.15) is 0 Å². The molecule has 0 radical (unpaired) electrons. The first-order chi connectivity index (χ1) is 14.1. The number of carbonyl (C=O) groups excluding carboxylic acids is 2. The first-order valence-corrected chi connectivity index (χ1v) is 9.53. The quantitative estimate of drug-likeness (QED) is 0.645. The first kappa shape index (κ1) is 18.9. The van der Waals surface area contributed by atoms with E-state index >= 15 is 0 Å². The number of hydrogen-bond acceptors (Lipinski definition) is 7. The number of benzene rings is 2. The molecule has 148 valence electrons. The Morgan fingerprint density at radius 3 is 2.72 bits per heavy atom. The van der Waals surface area contributed by atoms with Gasteiger partial charge in [0, 0.05) is 10.9 Å². The van der Waals surface area contributed by atoms with E-state index < -0.39 is 24.6 Å². The minimum atomic E-state index is -0.942. The fourth-order valence-electron chi connectivity index (χ4n) is 2.61. The van der Waals surface area contributed by atoms with Crippen LogP contribution in [0.2, 0.25) is 0 Å². The fraction of sp³-hybridized carbons (Fsp3) is 0.150. The Kier molecular flexibility index (Phi) is 5.39. The number of carbonyl (C=O) groups is 2. The lowest BCUT2D eigenvalue weighted by atomic mass is 10.2. The van der Waals surface area contributed by atoms with Crippen LogP contribution in [0.15, 0.2) is 53.9 Å². The lowest BCUT2D eigenvalue weighted by Gasteiger charge is -2.24. The smallest absolute Gasteiger partial charge is 0.351 e. The van der Waals surface area contributed by atoms with Crippen LogP contribution >= 0.6 is 11.3 Å². The zero-order valence-electron chi connectivity index (χ0n) is 15.0. The van der Waals surface area contributed by atoms with Crippen LogP contribution in [0.4, 0.5) is 9.52 Å². The van der Waals surface area contributed by atoms with Crippen molar-refractivity contribution in [2.75, 3.05) is 18.5 Å². The van der Waals surface area contributed by atoms with Crippen molar-refractivity contribution >= 4 is 28.3 Å². The molecule has 1 amide bonds. The summed E-state index contributed by atoms with van der Waals surface area (Å²) in [6.45, 7) is -0.475. The van der Waals surface area contributed by atoms with Crippen molar-refractivity contribution in [3.8, 4) is 22.8 Å². The predicted octanol–water partition coefficient (Wildman–Crippen LogP) is 3.27. The summed E-state index contributed by atoms with van der Waals surface area (Å²) in [6.07, 6.45) is -0.942. The lowest BCUT2D eigenvalue weighted by Crippen LogP contribution is -2.39. The summed E-state index contributed by atoms with van der Waals surface area (Å²) in [5, 5.41) is 4.64. The van der Waals surface area contributed by atoms with Crippen LogP contribution in [0.1, 0.15) is 0 Å². The van der Waals surface area contributed by atoms with Crippen molar-refractivity contribution in [1.29, 1.82) is 0 Å². The van der Waals surface area contributed by atoms with Gasteiger partial charge in [-0.1, -0.05) is 12.1 Å². The molecule has 0 bridgehead atoms. The van der Waals surface area contributed by atoms with Crippen LogP contribution in [-0.4, -0.2) is 36.2 Å². The molecule has 2 heterocycles. The van der Waals surface area contributed by atoms with Crippen LogP contribution in [0.3, 0.4) is 0 Å². The van der Waals surface area contributed by atoms with Gasteiger partial charge in [-0.3, -0.25) is 10.1 Å². The molecule has 2 aromatic carbocycles. The molecule has 1 N–H and O–H groups in total. The summed E-state index contributed by atoms with van der Waals surface area (Å²) in [5.41, 5.74) is 1.33. The molecule has 0 unspecified atom stereocenters. The monoisotopic (exact) mass is 414 g/mol. The standard InChI is InChI=1S/C20H15FN2O5S/c21-13-7-5-12(6-8-13)14-11-29-20(22-14)23-18(24)10-27-19(25)17-9-26-15-3-1-2-4-16(15)28-17/h1-8,11,17H,9-10H2,(H,22,23,24)/t17-/m0/s1. The summed E-state index contributed by atoms with van der Waals surface area (Å²) >= 11 is 1.21. The normalized spacial score (nSPS) is 14.9. The second-order valence-electron chi connectivity index (χ2n) is 6.06. The van der Waals surface area contributed by atoms with Gasteiger partial charge in [-0.25, -0.2) is 14.2 Å². The van der Waals surface area contributed by atoms with Crippen molar-refractivity contribution in [3.05, 3.63) is 59.7 Å². The zero-order valence-corrected chi connectivity index (χ0v) is 15.8. The average molecular weight is 414 g/mol. The second kappa shape index (κ2) is 8.27. The highest BCUT2D eigenvalue weighted by Crippen LogP contribution is 2.31. The Labute approximate surface area is 169 Å². The van der Waals surface area contributed by atoms with E-state index in [0.29, 0.717) is 22.3 Å². The Balaban J connectivity index is 1.28. The predicted molar refractivity (Wildman–Crippen MR) is 103 cm³/mol. The van der Waals surface area contributed by atoms with Crippen LogP contribution in [-0.2, 0) is 14.3 Å². The van der Waals surface area contributed by atoms with Crippen molar-refractivity contribution in [3.63, 3.8) is 0 Å². The third-order valence-electron chi connectivity index (χ3n) is 4.01. The summed E-state index contributed by atoms with van der Waals surface area (Å²) in [7, 11) is 0. The summed E-state index contributed by atoms with van der Waals surface area (Å²) in [5.74, 6) is -0.567. The van der Waals surface area contributed by atoms with E-state index in [0.717, 1.165) is 5.56 Å². The van der Waals surface area contributed by atoms with Crippen LogP contribution < -0.4 is 14.8 Å². The van der Waals surface area contributed by atoms with Gasteiger partial charge >= 0.3 is 5.97 Å². The number of fused-ring (bicyclic) bond motifs is 1. The number of amides is 1. The Hall–Kier alpha value is -3.46. The van der Waals surface area contributed by atoms with Crippen molar-refractivity contribution in [2.24, 2.45) is 0 Å². The number of aromatic nitrogens is 1. The number of rotatable bonds is 5. The maximum atomic E-state index is 13.0. The molecule has 0 aliphatic carbocycles. The molecule has 1 aliphatic rings. The number of ether oxygens (including phenoxy) is 3. The third-order valence-corrected chi connectivity index (χ3v) is 4.77. The molecule has 9 heteroatoms. The molecule has 1 aliphatic heterocycles. The number of hydrogen-bond donors (Lipinski definition) is 1. The van der Waals surface area contributed by atoms with Gasteiger partial charge in [0.1, 0.15) is 12.4 Å². The molecule has 0 saturated heterocycles. The van der Waals surface area contributed by atoms with E-state index in [9.17, 15) is 14.0 Å². The molecule has 0 saturated carbocycles. The molecule has 0 fully saturated rings. The topological polar surface area (TPSA) is 86.8 Å². The molecular formula is C20H15FN2O5S. The lowest BCUT2D eigenvalue weighted by molar-refractivity contribution is -0.156. The maximum Gasteiger partial charge on any atom is 0.351 e. The van der Waals surface area contributed by atoms with Crippen molar-refractivity contribution < 1.29 is 28.2 Å². The highest BCUT2D eigenvalue weighted by atomic mass is 32.1. The van der Waals surface area contributed by atoms with Gasteiger partial charge in [0.2, 0.25) is 6.10 Å². The SMILES string of the molecule is O=C(COC(=O)[C@@H]1COc2ccccc2O1)Nc1nc(-c2ccc(F)cc2)cs1. The Bertz CT molecular complexity index is 1040. The molecule has 3 aromatic rings. The van der Waals surface area contributed by atoms with Gasteiger partial charge in [0.15, 0.2) is 23.2 Å². The Morgan fingerprint density at radius 1 is 1.17 bits per heavy atom. The van der Waals surface area contributed by atoms with Crippen molar-refractivity contribution in [1.82, 2.24) is 4.98 Å². The first-order valence-electron chi connectivity index (χ1n) is 8.65. The minimum Gasteiger partial charge on any atom is -0.485 e. The second-order valence-corrected chi connectivity index (χ2v) is 6.92. The number of halogens is 1. The molecule has 7 nitrogen and oxygen atoms in total. The number of esters is 1. The number of nitrogens with one attached hydrogen (secondary N) is 1. The zero-order chi connectivity index (χ0) is 20.2. The van der Waals surface area contributed by atoms with E-state index in [-0.39, 0.29) is 12.4 Å². The van der Waals surface area contributed by atoms with E-state index in [1.807, 2.05) is 0 Å². The van der Waals surface area contributed by atoms with E-state index in [2.05, 4.69) is 10.3 Å². The van der Waals surface area contributed by atoms with Gasteiger partial charge in [0.25, 0.3) is 5.91 Å². The molecule has 0 spiro atoms. The largest absolute Gasteiger partial charge is 0.485 e. The number of nitrogens with zero attached hydrogens (tertiary/aromatic N) is 1. The van der Waals surface area contributed by atoms with Gasteiger partial charge < -0.3 is 14.2 Å². The number of thiazole rings is 1. The highest BCUT2D eigenvalue weighted by molar-refractivity contribution is 7.14. The molecular weight excluding hydrogens is 399 g/mol. The van der Waals surface area contributed by atoms with Gasteiger partial charge in [0.05, 0.1) is 5.69 Å². The summed E-state index contributed by atoms with van der Waals surface area (Å²) < 4.78 is 29.0. The average Bonchev–Trinajstić information content (AvgIpc) is 3.20. The maximum absolute atomic E-state index is 13.0. The van der Waals surface area contributed by atoms with E-state index in [1.54, 1.807) is 41.8 Å². The van der Waals surface area contributed by atoms with E-state index in [4.69, 9.17) is 14.2 Å². The highest BCUT2D eigenvalue weighted by Gasteiger charge is 2.29. The van der Waals surface area contributed by atoms with Crippen LogP contribution in [0, 0.1) is 5.82 Å². The number of para-hydroxylation sites is 2. The van der Waals surface area contributed by atoms with Crippen LogP contribution in [0.25, 0.3) is 11.3 Å². The summed E-state index contributed by atoms with van der Waals surface area (Å²) in [6, 6.07) is 12.8. The third kappa shape index (κ3) is 4.52. The molecule has 1 aromatic heterocycles. The van der Waals surface area contributed by atoms with Crippen LogP contribution in [0.5, 0.6) is 11.5 Å². The molecule has 4 rings (SSSR count). The number of anilines is 1. The fourth-order valence-corrected chi connectivity index (χ4v) is 3.34. The summed E-state index contributed by atoms with van der Waals surface area (Å²) in [4.78, 5) is 28.4. The van der Waals surface area contributed by atoms with Gasteiger partial charge in [-0.15, -0.1) is 11.3 Å². The molecule has 1 atom stereocenters.